The second kappa shape index (κ2) is 10.3. The molecule has 4 rings (SSSR count). The van der Waals surface area contributed by atoms with Crippen molar-refractivity contribution >= 4 is 27.6 Å². The van der Waals surface area contributed by atoms with E-state index >= 15 is 0 Å². The summed E-state index contributed by atoms with van der Waals surface area (Å²) >= 11 is 6.52. The number of sulfonamides is 1. The Kier molecular flexibility index (Phi) is 7.36. The van der Waals surface area contributed by atoms with Gasteiger partial charge in [0.2, 0.25) is 16.0 Å². The van der Waals surface area contributed by atoms with Gasteiger partial charge in [0.15, 0.2) is 5.75 Å². The van der Waals surface area contributed by atoms with Crippen LogP contribution in [0.1, 0.15) is 36.2 Å². The summed E-state index contributed by atoms with van der Waals surface area (Å²) in [4.78, 5) is 8.04. The van der Waals surface area contributed by atoms with Gasteiger partial charge in [-0.3, -0.25) is 4.72 Å². The third kappa shape index (κ3) is 6.05. The number of hydrogen-bond donors (Lipinski definition) is 1. The lowest BCUT2D eigenvalue weighted by Crippen LogP contribution is -2.38. The highest BCUT2D eigenvalue weighted by Crippen LogP contribution is 2.39. The van der Waals surface area contributed by atoms with Gasteiger partial charge in [0.1, 0.15) is 24.5 Å². The van der Waals surface area contributed by atoms with Crippen LogP contribution in [-0.4, -0.2) is 44.0 Å². The summed E-state index contributed by atoms with van der Waals surface area (Å²) in [5, 5.41) is 10.1. The van der Waals surface area contributed by atoms with E-state index in [9.17, 15) is 13.7 Å². The number of ether oxygens (including phenoxy) is 3. The summed E-state index contributed by atoms with van der Waals surface area (Å²) in [5.74, 6) is 0.993. The maximum absolute atomic E-state index is 11.4. The molecule has 1 fully saturated rings. The van der Waals surface area contributed by atoms with E-state index in [4.69, 9.17) is 25.8 Å². The average molecular weight is 529 g/mol. The molecule has 9 nitrogen and oxygen atoms in total. The third-order valence-electron chi connectivity index (χ3n) is 5.73. The van der Waals surface area contributed by atoms with Crippen LogP contribution in [-0.2, 0) is 26.8 Å². The summed E-state index contributed by atoms with van der Waals surface area (Å²) in [6, 6.07) is 15.1. The standard InChI is InChI=1S/C25H25ClN4O5S/c1-25(2,18-10-16(12-27)23(22(26)11-18)35-21-14-33-15-21)17-4-6-20(7-5-17)34-13-19-8-9-28-24(29-19)30-36(3,31)32/h4-11,21H,13-15H2,1-3H3,(H,28,29,30). The molecule has 0 radical (unpaired) electrons. The molecule has 0 bridgehead atoms. The first-order valence-corrected chi connectivity index (χ1v) is 13.3. The van der Waals surface area contributed by atoms with Gasteiger partial charge in [-0.25, -0.2) is 18.4 Å². The minimum absolute atomic E-state index is 0.0106. The van der Waals surface area contributed by atoms with E-state index in [0.717, 1.165) is 17.4 Å². The minimum Gasteiger partial charge on any atom is -0.487 e. The van der Waals surface area contributed by atoms with Crippen LogP contribution in [0.2, 0.25) is 5.02 Å². The molecule has 1 N–H and O–H groups in total. The monoisotopic (exact) mass is 528 g/mol. The fraction of sp³-hybridized carbons (Fsp3) is 0.320. The molecule has 0 unspecified atom stereocenters. The highest BCUT2D eigenvalue weighted by Gasteiger charge is 2.28. The zero-order valence-electron chi connectivity index (χ0n) is 20.0. The molecule has 0 atom stereocenters. The summed E-state index contributed by atoms with van der Waals surface area (Å²) in [5.41, 5.74) is 2.33. The second-order valence-electron chi connectivity index (χ2n) is 8.91. The second-order valence-corrected chi connectivity index (χ2v) is 11.1. The van der Waals surface area contributed by atoms with Crippen molar-refractivity contribution in [3.05, 3.63) is 76.1 Å². The molecule has 0 amide bonds. The first-order chi connectivity index (χ1) is 17.0. The van der Waals surface area contributed by atoms with Crippen LogP contribution in [0.15, 0.2) is 48.7 Å². The van der Waals surface area contributed by atoms with Crippen LogP contribution in [0.3, 0.4) is 0 Å². The summed E-state index contributed by atoms with van der Waals surface area (Å²) in [6.45, 7) is 5.20. The number of rotatable bonds is 9. The highest BCUT2D eigenvalue weighted by atomic mass is 35.5. The molecule has 0 aliphatic carbocycles. The average Bonchev–Trinajstić information content (AvgIpc) is 2.79. The first kappa shape index (κ1) is 25.7. The van der Waals surface area contributed by atoms with Crippen molar-refractivity contribution in [2.75, 3.05) is 24.2 Å². The number of nitrogens with one attached hydrogen (secondary N) is 1. The molecule has 0 spiro atoms. The van der Waals surface area contributed by atoms with Gasteiger partial charge in [-0.05, 0) is 41.5 Å². The van der Waals surface area contributed by atoms with Crippen molar-refractivity contribution in [2.45, 2.75) is 32.0 Å². The molecule has 1 saturated heterocycles. The Hall–Kier alpha value is -3.39. The summed E-state index contributed by atoms with van der Waals surface area (Å²) < 4.78 is 41.8. The molecule has 0 saturated carbocycles. The fourth-order valence-corrected chi connectivity index (χ4v) is 4.28. The quantitative estimate of drug-likeness (QED) is 0.441. The highest BCUT2D eigenvalue weighted by molar-refractivity contribution is 7.91. The van der Waals surface area contributed by atoms with Gasteiger partial charge in [-0.2, -0.15) is 5.26 Å². The molecule has 1 aliphatic heterocycles. The minimum atomic E-state index is -3.47. The van der Waals surface area contributed by atoms with Gasteiger partial charge < -0.3 is 14.2 Å². The van der Waals surface area contributed by atoms with Gasteiger partial charge >= 0.3 is 0 Å². The molecule has 188 valence electrons. The van der Waals surface area contributed by atoms with Gasteiger partial charge in [0.05, 0.1) is 35.7 Å². The Bertz CT molecular complexity index is 1400. The van der Waals surface area contributed by atoms with E-state index in [1.807, 2.05) is 50.2 Å². The van der Waals surface area contributed by atoms with Gasteiger partial charge in [0, 0.05) is 11.6 Å². The van der Waals surface area contributed by atoms with Crippen molar-refractivity contribution < 1.29 is 22.6 Å². The number of aromatic nitrogens is 2. The molecule has 1 aromatic heterocycles. The van der Waals surface area contributed by atoms with Gasteiger partial charge in [-0.15, -0.1) is 0 Å². The van der Waals surface area contributed by atoms with Crippen LogP contribution in [0, 0.1) is 11.3 Å². The topological polar surface area (TPSA) is 123 Å². The third-order valence-corrected chi connectivity index (χ3v) is 6.56. The molecule has 11 heteroatoms. The van der Waals surface area contributed by atoms with Gasteiger partial charge in [-0.1, -0.05) is 37.6 Å². The maximum Gasteiger partial charge on any atom is 0.236 e. The van der Waals surface area contributed by atoms with Crippen molar-refractivity contribution in [1.29, 1.82) is 5.26 Å². The largest absolute Gasteiger partial charge is 0.487 e. The molecule has 36 heavy (non-hydrogen) atoms. The van der Waals surface area contributed by atoms with Gasteiger partial charge in [0.25, 0.3) is 0 Å². The van der Waals surface area contributed by atoms with Crippen molar-refractivity contribution in [3.8, 4) is 17.6 Å². The van der Waals surface area contributed by atoms with E-state index in [2.05, 4.69) is 20.8 Å². The van der Waals surface area contributed by atoms with Crippen LogP contribution in [0.5, 0.6) is 11.5 Å². The number of benzene rings is 2. The van der Waals surface area contributed by atoms with Crippen LogP contribution in [0.4, 0.5) is 5.95 Å². The van der Waals surface area contributed by atoms with E-state index in [1.54, 1.807) is 6.07 Å². The van der Waals surface area contributed by atoms with Crippen molar-refractivity contribution in [1.82, 2.24) is 9.97 Å². The van der Waals surface area contributed by atoms with E-state index in [-0.39, 0.29) is 18.7 Å². The Balaban J connectivity index is 1.47. The van der Waals surface area contributed by atoms with Crippen LogP contribution < -0.4 is 14.2 Å². The lowest BCUT2D eigenvalue weighted by atomic mass is 9.77. The normalized spacial score (nSPS) is 14.0. The van der Waals surface area contributed by atoms with E-state index in [1.165, 1.54) is 6.20 Å². The van der Waals surface area contributed by atoms with E-state index < -0.39 is 15.4 Å². The van der Waals surface area contributed by atoms with E-state index in [0.29, 0.717) is 41.0 Å². The molecule has 2 heterocycles. The smallest absolute Gasteiger partial charge is 0.236 e. The molecular formula is C25H25ClN4O5S. The SMILES string of the molecule is CC(C)(c1ccc(OCc2ccnc(NS(C)(=O)=O)n2)cc1)c1cc(Cl)c(OC2COC2)c(C#N)c1. The van der Waals surface area contributed by atoms with Crippen molar-refractivity contribution in [2.24, 2.45) is 0 Å². The number of nitriles is 1. The van der Waals surface area contributed by atoms with Crippen LogP contribution >= 0.6 is 11.6 Å². The molecular weight excluding hydrogens is 504 g/mol. The van der Waals surface area contributed by atoms with Crippen molar-refractivity contribution in [3.63, 3.8) is 0 Å². The molecule has 3 aromatic rings. The predicted octanol–water partition coefficient (Wildman–Crippen LogP) is 4.06. The molecule has 1 aliphatic rings. The summed E-state index contributed by atoms with van der Waals surface area (Å²) in [6.07, 6.45) is 2.40. The zero-order valence-corrected chi connectivity index (χ0v) is 21.6. The lowest BCUT2D eigenvalue weighted by molar-refractivity contribution is -0.0797. The Morgan fingerprint density at radius 3 is 2.53 bits per heavy atom. The fourth-order valence-electron chi connectivity index (χ4n) is 3.59. The predicted molar refractivity (Wildman–Crippen MR) is 135 cm³/mol. The number of halogens is 1. The Morgan fingerprint density at radius 2 is 1.92 bits per heavy atom. The maximum atomic E-state index is 11.4. The zero-order chi connectivity index (χ0) is 25.9. The Labute approximate surface area is 215 Å². The number of nitrogens with zero attached hydrogens (tertiary/aromatic N) is 3. The number of anilines is 1. The number of hydrogen-bond acceptors (Lipinski definition) is 8. The summed E-state index contributed by atoms with van der Waals surface area (Å²) in [7, 11) is -3.47. The Morgan fingerprint density at radius 1 is 1.19 bits per heavy atom. The first-order valence-electron chi connectivity index (χ1n) is 11.1. The van der Waals surface area contributed by atoms with Crippen LogP contribution in [0.25, 0.3) is 0 Å². The lowest BCUT2D eigenvalue weighted by Gasteiger charge is -2.30. The molecule has 2 aromatic carbocycles.